The average molecular weight is 488 g/mol. The molecule has 0 unspecified atom stereocenters. The summed E-state index contributed by atoms with van der Waals surface area (Å²) >= 11 is 5.90. The number of rotatable bonds is 8. The zero-order valence-electron chi connectivity index (χ0n) is 19.6. The second kappa shape index (κ2) is 11.7. The molecule has 9 heteroatoms. The highest BCUT2D eigenvalue weighted by molar-refractivity contribution is 6.30. The molecule has 0 saturated carbocycles. The minimum atomic E-state index is -0.747. The molecule has 1 saturated heterocycles. The summed E-state index contributed by atoms with van der Waals surface area (Å²) in [6, 6.07) is 11.4. The average Bonchev–Trinajstić information content (AvgIpc) is 2.83. The maximum absolute atomic E-state index is 13.0. The molecule has 182 valence electrons. The first-order valence-corrected chi connectivity index (χ1v) is 11.5. The van der Waals surface area contributed by atoms with Gasteiger partial charge < -0.3 is 25.0 Å². The Morgan fingerprint density at radius 1 is 1.03 bits per heavy atom. The number of hydrogen-bond donors (Lipinski definition) is 2. The number of likely N-dealkylation sites (tertiary alicyclic amines) is 1. The summed E-state index contributed by atoms with van der Waals surface area (Å²) in [5.41, 5.74) is 1.39. The molecule has 2 aromatic rings. The minimum Gasteiger partial charge on any atom is -0.497 e. The normalized spacial score (nSPS) is 14.8. The molecular weight excluding hydrogens is 458 g/mol. The van der Waals surface area contributed by atoms with Gasteiger partial charge in [-0.3, -0.25) is 14.4 Å². The van der Waals surface area contributed by atoms with Crippen LogP contribution in [0, 0.1) is 0 Å². The number of carbonyl (C=O) groups is 3. The fraction of sp³-hybridized carbons (Fsp3) is 0.400. The highest BCUT2D eigenvalue weighted by atomic mass is 35.5. The van der Waals surface area contributed by atoms with E-state index in [4.69, 9.17) is 21.1 Å². The molecule has 0 aliphatic carbocycles. The third-order valence-corrected chi connectivity index (χ3v) is 6.02. The Labute approximate surface area is 204 Å². The van der Waals surface area contributed by atoms with Crippen LogP contribution < -0.4 is 20.1 Å². The van der Waals surface area contributed by atoms with Crippen molar-refractivity contribution in [1.82, 2.24) is 15.5 Å². The summed E-state index contributed by atoms with van der Waals surface area (Å²) in [5, 5.41) is 6.36. The lowest BCUT2D eigenvalue weighted by atomic mass is 10.0. The molecule has 1 fully saturated rings. The van der Waals surface area contributed by atoms with Crippen molar-refractivity contribution >= 4 is 29.3 Å². The molecule has 0 radical (unpaired) electrons. The first kappa shape index (κ1) is 25.4. The van der Waals surface area contributed by atoms with Gasteiger partial charge in [0.05, 0.1) is 14.2 Å². The highest BCUT2D eigenvalue weighted by Crippen LogP contribution is 2.23. The number of piperidine rings is 1. The number of methoxy groups -OCH3 is 2. The van der Waals surface area contributed by atoms with Crippen molar-refractivity contribution < 1.29 is 23.9 Å². The number of carbonyl (C=O) groups excluding carboxylic acids is 3. The van der Waals surface area contributed by atoms with Crippen LogP contribution in [0.5, 0.6) is 11.5 Å². The van der Waals surface area contributed by atoms with Crippen molar-refractivity contribution in [1.29, 1.82) is 0 Å². The number of nitrogens with zero attached hydrogens (tertiary/aromatic N) is 1. The van der Waals surface area contributed by atoms with Crippen LogP contribution in [0.25, 0.3) is 0 Å². The number of ether oxygens (including phenoxy) is 2. The predicted octanol–water partition coefficient (Wildman–Crippen LogP) is 2.83. The van der Waals surface area contributed by atoms with E-state index in [2.05, 4.69) is 10.6 Å². The van der Waals surface area contributed by atoms with Crippen LogP contribution in [0.15, 0.2) is 42.5 Å². The van der Waals surface area contributed by atoms with Gasteiger partial charge in [0.25, 0.3) is 5.91 Å². The van der Waals surface area contributed by atoms with Crippen LogP contribution >= 0.6 is 11.6 Å². The summed E-state index contributed by atoms with van der Waals surface area (Å²) in [6.45, 7) is 2.45. The Kier molecular flexibility index (Phi) is 8.76. The van der Waals surface area contributed by atoms with Gasteiger partial charge in [0, 0.05) is 49.1 Å². The van der Waals surface area contributed by atoms with Gasteiger partial charge in [0.2, 0.25) is 11.8 Å². The maximum atomic E-state index is 13.0. The predicted molar refractivity (Wildman–Crippen MR) is 129 cm³/mol. The van der Waals surface area contributed by atoms with E-state index >= 15 is 0 Å². The molecule has 3 amide bonds. The van der Waals surface area contributed by atoms with Crippen LogP contribution in [0.4, 0.5) is 0 Å². The zero-order valence-corrected chi connectivity index (χ0v) is 20.4. The Morgan fingerprint density at radius 2 is 1.62 bits per heavy atom. The van der Waals surface area contributed by atoms with Crippen molar-refractivity contribution in [3.05, 3.63) is 58.6 Å². The lowest BCUT2D eigenvalue weighted by Crippen LogP contribution is -2.53. The molecule has 3 rings (SSSR count). The van der Waals surface area contributed by atoms with E-state index < -0.39 is 6.04 Å². The van der Waals surface area contributed by atoms with Crippen LogP contribution in [0.2, 0.25) is 5.02 Å². The summed E-state index contributed by atoms with van der Waals surface area (Å²) in [4.78, 5) is 39.3. The Hall–Kier alpha value is -3.26. The number of amides is 3. The molecule has 1 aliphatic rings. The molecular formula is C25H30ClN3O5. The molecule has 34 heavy (non-hydrogen) atoms. The van der Waals surface area contributed by atoms with Gasteiger partial charge >= 0.3 is 0 Å². The standard InChI is InChI=1S/C25H30ClN3O5/c1-16(30)27-23(14-17-12-21(33-2)15-22(13-17)34-3)24(31)28-20-8-10-29(11-9-20)25(32)18-4-6-19(26)7-5-18/h4-7,12-13,15,20,23H,8-11,14H2,1-3H3,(H,27,30)(H,28,31)/t23-/m1/s1. The molecule has 0 aromatic heterocycles. The van der Waals surface area contributed by atoms with Gasteiger partial charge in [-0.05, 0) is 54.8 Å². The smallest absolute Gasteiger partial charge is 0.253 e. The number of nitrogens with one attached hydrogen (secondary N) is 2. The molecule has 2 aromatic carbocycles. The summed E-state index contributed by atoms with van der Waals surface area (Å²) < 4.78 is 10.6. The molecule has 0 spiro atoms. The lowest BCUT2D eigenvalue weighted by molar-refractivity contribution is -0.128. The highest BCUT2D eigenvalue weighted by Gasteiger charge is 2.28. The fourth-order valence-corrected chi connectivity index (χ4v) is 4.10. The van der Waals surface area contributed by atoms with Gasteiger partial charge in [-0.1, -0.05) is 11.6 Å². The van der Waals surface area contributed by atoms with Gasteiger partial charge in [-0.15, -0.1) is 0 Å². The third kappa shape index (κ3) is 6.87. The largest absolute Gasteiger partial charge is 0.497 e. The van der Waals surface area contributed by atoms with Gasteiger partial charge in [0.1, 0.15) is 17.5 Å². The fourth-order valence-electron chi connectivity index (χ4n) is 3.98. The monoisotopic (exact) mass is 487 g/mol. The van der Waals surface area contributed by atoms with Crippen molar-refractivity contribution in [3.8, 4) is 11.5 Å². The van der Waals surface area contributed by atoms with E-state index in [0.29, 0.717) is 48.0 Å². The SMILES string of the molecule is COc1cc(C[C@@H](NC(C)=O)C(=O)NC2CCN(C(=O)c3ccc(Cl)cc3)CC2)cc(OC)c1. The second-order valence-electron chi connectivity index (χ2n) is 8.26. The maximum Gasteiger partial charge on any atom is 0.253 e. The minimum absolute atomic E-state index is 0.0514. The topological polar surface area (TPSA) is 97.0 Å². The van der Waals surface area contributed by atoms with E-state index in [1.165, 1.54) is 6.92 Å². The molecule has 2 N–H and O–H groups in total. The van der Waals surface area contributed by atoms with Gasteiger partial charge in [0.15, 0.2) is 0 Å². The Bertz CT molecular complexity index is 997. The van der Waals surface area contributed by atoms with Crippen molar-refractivity contribution in [2.45, 2.75) is 38.3 Å². The molecule has 8 nitrogen and oxygen atoms in total. The second-order valence-corrected chi connectivity index (χ2v) is 8.70. The van der Waals surface area contributed by atoms with Crippen LogP contribution in [-0.4, -0.2) is 62.0 Å². The van der Waals surface area contributed by atoms with Crippen molar-refractivity contribution in [3.63, 3.8) is 0 Å². The van der Waals surface area contributed by atoms with Gasteiger partial charge in [-0.2, -0.15) is 0 Å². The lowest BCUT2D eigenvalue weighted by Gasteiger charge is -2.33. The van der Waals surface area contributed by atoms with Crippen molar-refractivity contribution in [2.75, 3.05) is 27.3 Å². The first-order valence-electron chi connectivity index (χ1n) is 11.1. The van der Waals surface area contributed by atoms with Crippen LogP contribution in [-0.2, 0) is 16.0 Å². The molecule has 0 bridgehead atoms. The Morgan fingerprint density at radius 3 is 2.15 bits per heavy atom. The first-order chi connectivity index (χ1) is 16.3. The van der Waals surface area contributed by atoms with E-state index in [9.17, 15) is 14.4 Å². The zero-order chi connectivity index (χ0) is 24.7. The number of benzene rings is 2. The molecule has 1 atom stereocenters. The summed E-state index contributed by atoms with van der Waals surface area (Å²) in [6.07, 6.45) is 1.54. The van der Waals surface area contributed by atoms with Gasteiger partial charge in [-0.25, -0.2) is 0 Å². The number of halogens is 1. The third-order valence-electron chi connectivity index (χ3n) is 5.76. The summed E-state index contributed by atoms with van der Waals surface area (Å²) in [7, 11) is 3.11. The molecule has 1 heterocycles. The van der Waals surface area contributed by atoms with Crippen molar-refractivity contribution in [2.24, 2.45) is 0 Å². The molecule has 1 aliphatic heterocycles. The van der Waals surface area contributed by atoms with Crippen LogP contribution in [0.3, 0.4) is 0 Å². The quantitative estimate of drug-likeness (QED) is 0.596. The van der Waals surface area contributed by atoms with E-state index in [1.807, 2.05) is 12.1 Å². The van der Waals surface area contributed by atoms with E-state index in [0.717, 1.165) is 5.56 Å². The number of hydrogen-bond acceptors (Lipinski definition) is 5. The van der Waals surface area contributed by atoms with E-state index in [-0.39, 0.29) is 30.2 Å². The summed E-state index contributed by atoms with van der Waals surface area (Å²) in [5.74, 6) is 0.602. The Balaban J connectivity index is 1.60. The van der Waals surface area contributed by atoms with E-state index in [1.54, 1.807) is 49.5 Å². The van der Waals surface area contributed by atoms with Crippen LogP contribution in [0.1, 0.15) is 35.7 Å².